The van der Waals surface area contributed by atoms with Gasteiger partial charge in [-0.15, -0.1) is 0 Å². The Hall–Kier alpha value is -2.90. The third-order valence-electron chi connectivity index (χ3n) is 4.97. The molecule has 0 spiro atoms. The number of likely N-dealkylation sites (tertiary alicyclic amines) is 1. The van der Waals surface area contributed by atoms with Crippen molar-refractivity contribution >= 4 is 17.1 Å². The summed E-state index contributed by atoms with van der Waals surface area (Å²) < 4.78 is 41.5. The molecule has 1 aliphatic rings. The van der Waals surface area contributed by atoms with E-state index in [9.17, 15) is 18.0 Å². The third-order valence-corrected chi connectivity index (χ3v) is 4.97. The van der Waals surface area contributed by atoms with Crippen LogP contribution in [0.1, 0.15) is 34.1 Å². The van der Waals surface area contributed by atoms with Crippen LogP contribution in [0, 0.1) is 0 Å². The molecule has 0 aliphatic carbocycles. The molecule has 1 aliphatic heterocycles. The summed E-state index contributed by atoms with van der Waals surface area (Å²) in [6.45, 7) is 0.731. The van der Waals surface area contributed by atoms with Gasteiger partial charge in [-0.25, -0.2) is 9.97 Å². The molecule has 4 rings (SSSR count). The van der Waals surface area contributed by atoms with Crippen molar-refractivity contribution in [3.63, 3.8) is 0 Å². The number of imidazole rings is 1. The fourth-order valence-electron chi connectivity index (χ4n) is 3.65. The number of halogens is 3. The van der Waals surface area contributed by atoms with E-state index in [4.69, 9.17) is 0 Å². The molecule has 0 saturated carbocycles. The number of carbonyl (C=O) groups is 1. The molecular formula is C19H17F3N4O. The van der Waals surface area contributed by atoms with Crippen molar-refractivity contribution < 1.29 is 18.0 Å². The largest absolute Gasteiger partial charge is 0.417 e. The van der Waals surface area contributed by atoms with Crippen LogP contribution in [-0.4, -0.2) is 38.4 Å². The summed E-state index contributed by atoms with van der Waals surface area (Å²) in [7, 11) is 1.86. The Morgan fingerprint density at radius 3 is 2.70 bits per heavy atom. The van der Waals surface area contributed by atoms with Crippen LogP contribution in [0.4, 0.5) is 13.2 Å². The van der Waals surface area contributed by atoms with Gasteiger partial charge in [-0.3, -0.25) is 4.79 Å². The highest BCUT2D eigenvalue weighted by atomic mass is 19.4. The molecule has 1 atom stereocenters. The van der Waals surface area contributed by atoms with Gasteiger partial charge in [0.25, 0.3) is 5.91 Å². The van der Waals surface area contributed by atoms with Crippen LogP contribution >= 0.6 is 0 Å². The topological polar surface area (TPSA) is 51.0 Å². The summed E-state index contributed by atoms with van der Waals surface area (Å²) in [5.41, 5.74) is 0.310. The van der Waals surface area contributed by atoms with Crippen LogP contribution in [0.25, 0.3) is 11.2 Å². The Morgan fingerprint density at radius 2 is 1.96 bits per heavy atom. The first-order valence-corrected chi connectivity index (χ1v) is 8.59. The highest BCUT2D eigenvalue weighted by Gasteiger charge is 2.38. The maximum atomic E-state index is 13.2. The van der Waals surface area contributed by atoms with Gasteiger partial charge in [0.2, 0.25) is 0 Å². The Balaban J connectivity index is 1.60. The summed E-state index contributed by atoms with van der Waals surface area (Å²) in [4.78, 5) is 23.1. The van der Waals surface area contributed by atoms with E-state index in [1.54, 1.807) is 12.3 Å². The van der Waals surface area contributed by atoms with Gasteiger partial charge in [-0.2, -0.15) is 13.2 Å². The van der Waals surface area contributed by atoms with Crippen molar-refractivity contribution in [2.75, 3.05) is 13.1 Å². The highest BCUT2D eigenvalue weighted by molar-refractivity contribution is 5.96. The van der Waals surface area contributed by atoms with Crippen LogP contribution in [0.5, 0.6) is 0 Å². The number of rotatable bonds is 2. The van der Waals surface area contributed by atoms with Crippen molar-refractivity contribution in [2.24, 2.45) is 7.05 Å². The Kier molecular flexibility index (Phi) is 4.13. The number of pyridine rings is 1. The molecule has 1 fully saturated rings. The van der Waals surface area contributed by atoms with Gasteiger partial charge in [0, 0.05) is 32.3 Å². The zero-order chi connectivity index (χ0) is 19.2. The van der Waals surface area contributed by atoms with Gasteiger partial charge in [0.15, 0.2) is 5.65 Å². The number of nitrogens with zero attached hydrogens (tertiary/aromatic N) is 4. The Bertz CT molecular complexity index is 1010. The van der Waals surface area contributed by atoms with Gasteiger partial charge in [-0.1, -0.05) is 12.1 Å². The summed E-state index contributed by atoms with van der Waals surface area (Å²) in [5.74, 6) is 0.164. The minimum absolute atomic E-state index is 0.0359. The second kappa shape index (κ2) is 6.37. The lowest BCUT2D eigenvalue weighted by Crippen LogP contribution is -2.30. The molecule has 140 valence electrons. The van der Waals surface area contributed by atoms with E-state index >= 15 is 0 Å². The summed E-state index contributed by atoms with van der Waals surface area (Å²) in [6.07, 6.45) is -2.22. The zero-order valence-electron chi connectivity index (χ0n) is 14.6. The molecule has 3 heterocycles. The fourth-order valence-corrected chi connectivity index (χ4v) is 3.65. The summed E-state index contributed by atoms with van der Waals surface area (Å²) in [5, 5.41) is 0. The van der Waals surface area contributed by atoms with Gasteiger partial charge in [0.05, 0.1) is 11.1 Å². The fraction of sp³-hybridized carbons (Fsp3) is 0.316. The number of hydrogen-bond donors (Lipinski definition) is 0. The van der Waals surface area contributed by atoms with E-state index in [0.29, 0.717) is 19.5 Å². The van der Waals surface area contributed by atoms with Crippen LogP contribution in [-0.2, 0) is 13.2 Å². The van der Waals surface area contributed by atoms with E-state index in [1.807, 2.05) is 17.7 Å². The van der Waals surface area contributed by atoms with Crippen molar-refractivity contribution in [3.8, 4) is 0 Å². The first kappa shape index (κ1) is 17.5. The maximum absolute atomic E-state index is 13.2. The van der Waals surface area contributed by atoms with E-state index in [2.05, 4.69) is 9.97 Å². The first-order chi connectivity index (χ1) is 12.9. The molecule has 0 radical (unpaired) electrons. The molecule has 1 amide bonds. The number of fused-ring (bicyclic) bond motifs is 1. The molecule has 8 heteroatoms. The predicted octanol–water partition coefficient (Wildman–Crippen LogP) is 3.62. The first-order valence-electron chi connectivity index (χ1n) is 8.59. The molecule has 0 bridgehead atoms. The van der Waals surface area contributed by atoms with Crippen molar-refractivity contribution in [1.82, 2.24) is 19.4 Å². The molecule has 1 unspecified atom stereocenters. The second-order valence-electron chi connectivity index (χ2n) is 6.66. The quantitative estimate of drug-likeness (QED) is 0.689. The molecule has 3 aromatic rings. The normalized spacial score (nSPS) is 17.6. The second-order valence-corrected chi connectivity index (χ2v) is 6.66. The minimum atomic E-state index is -4.56. The van der Waals surface area contributed by atoms with Crippen LogP contribution < -0.4 is 0 Å². The summed E-state index contributed by atoms with van der Waals surface area (Å²) >= 11 is 0. The number of benzene rings is 1. The van der Waals surface area contributed by atoms with Crippen molar-refractivity contribution in [1.29, 1.82) is 0 Å². The van der Waals surface area contributed by atoms with Gasteiger partial charge in [0.1, 0.15) is 11.3 Å². The van der Waals surface area contributed by atoms with Gasteiger partial charge in [-0.05, 0) is 30.7 Å². The van der Waals surface area contributed by atoms with Crippen molar-refractivity contribution in [3.05, 3.63) is 59.5 Å². The lowest BCUT2D eigenvalue weighted by Gasteiger charge is -2.19. The average Bonchev–Trinajstić information content (AvgIpc) is 3.26. The average molecular weight is 374 g/mol. The third kappa shape index (κ3) is 3.05. The molecule has 1 saturated heterocycles. The van der Waals surface area contributed by atoms with E-state index in [-0.39, 0.29) is 11.5 Å². The van der Waals surface area contributed by atoms with Crippen LogP contribution in [0.2, 0.25) is 0 Å². The monoisotopic (exact) mass is 374 g/mol. The number of alkyl halides is 3. The zero-order valence-corrected chi connectivity index (χ0v) is 14.6. The molecule has 0 N–H and O–H groups in total. The molecule has 2 aromatic heterocycles. The van der Waals surface area contributed by atoms with Crippen LogP contribution in [0.15, 0.2) is 42.6 Å². The number of hydrogen-bond acceptors (Lipinski definition) is 3. The lowest BCUT2D eigenvalue weighted by atomic mass is 10.1. The molecule has 1 aromatic carbocycles. The lowest BCUT2D eigenvalue weighted by molar-refractivity contribution is -0.138. The van der Waals surface area contributed by atoms with E-state index in [1.165, 1.54) is 23.1 Å². The van der Waals surface area contributed by atoms with E-state index in [0.717, 1.165) is 23.1 Å². The van der Waals surface area contributed by atoms with Crippen LogP contribution in [0.3, 0.4) is 0 Å². The van der Waals surface area contributed by atoms with Gasteiger partial charge < -0.3 is 9.47 Å². The van der Waals surface area contributed by atoms with E-state index < -0.39 is 17.6 Å². The van der Waals surface area contributed by atoms with Crippen molar-refractivity contribution in [2.45, 2.75) is 18.5 Å². The SMILES string of the molecule is Cn1c(C2CCN(C(=O)c3ccccc3C(F)(F)F)C2)nc2cccnc21. The smallest absolute Gasteiger partial charge is 0.338 e. The molecular weight excluding hydrogens is 357 g/mol. The Morgan fingerprint density at radius 1 is 1.19 bits per heavy atom. The predicted molar refractivity (Wildman–Crippen MR) is 93.2 cm³/mol. The number of amides is 1. The highest BCUT2D eigenvalue weighted by Crippen LogP contribution is 2.34. The number of aryl methyl sites for hydroxylation is 1. The Labute approximate surface area is 153 Å². The van der Waals surface area contributed by atoms with Gasteiger partial charge >= 0.3 is 6.18 Å². The summed E-state index contributed by atoms with van der Waals surface area (Å²) in [6, 6.07) is 8.59. The number of carbonyl (C=O) groups excluding carboxylic acids is 1. The molecule has 5 nitrogen and oxygen atoms in total. The molecule has 27 heavy (non-hydrogen) atoms. The standard InChI is InChI=1S/C19H17F3N4O/c1-25-16(24-15-7-4-9-23-17(15)25)12-8-10-26(11-12)18(27)13-5-2-3-6-14(13)19(20,21)22/h2-7,9,12H,8,10-11H2,1H3. The maximum Gasteiger partial charge on any atom is 0.417 e. The minimum Gasteiger partial charge on any atom is -0.338 e. The number of aromatic nitrogens is 3.